The van der Waals surface area contributed by atoms with Crippen molar-refractivity contribution < 1.29 is 9.53 Å². The van der Waals surface area contributed by atoms with Crippen LogP contribution in [-0.2, 0) is 11.2 Å². The van der Waals surface area contributed by atoms with Crippen molar-refractivity contribution in [1.29, 1.82) is 0 Å². The number of benzene rings is 3. The lowest BCUT2D eigenvalue weighted by Crippen LogP contribution is -2.11. The van der Waals surface area contributed by atoms with Crippen molar-refractivity contribution in [2.75, 3.05) is 7.11 Å². The Morgan fingerprint density at radius 2 is 1.68 bits per heavy atom. The summed E-state index contributed by atoms with van der Waals surface area (Å²) in [7, 11) is 1.67. The van der Waals surface area contributed by atoms with Gasteiger partial charge in [0, 0.05) is 5.56 Å². The minimum atomic E-state index is -0.330. The molecule has 1 amide bonds. The van der Waals surface area contributed by atoms with E-state index in [-0.39, 0.29) is 12.3 Å². The summed E-state index contributed by atoms with van der Waals surface area (Å²) in [4.78, 5) is 11.9. The summed E-state index contributed by atoms with van der Waals surface area (Å²) in [5.41, 5.74) is 14.7. The van der Waals surface area contributed by atoms with Crippen LogP contribution in [0.3, 0.4) is 0 Å². The van der Waals surface area contributed by atoms with Crippen LogP contribution in [0.15, 0.2) is 78.4 Å². The Labute approximate surface area is 183 Å². The normalized spacial score (nSPS) is 14.1. The maximum absolute atomic E-state index is 11.9. The van der Waals surface area contributed by atoms with Crippen molar-refractivity contribution in [3.63, 3.8) is 0 Å². The second-order valence-corrected chi connectivity index (χ2v) is 7.76. The molecule has 3 aromatic carbocycles. The van der Waals surface area contributed by atoms with Crippen molar-refractivity contribution in [3.05, 3.63) is 106 Å². The fourth-order valence-corrected chi connectivity index (χ4v) is 4.46. The molecule has 31 heavy (non-hydrogen) atoms. The number of carbonyl (C=O) groups excluding carboxylic acids is 1. The first-order valence-electron chi connectivity index (χ1n) is 10.6. The number of hydrogen-bond donors (Lipinski definition) is 1. The highest BCUT2D eigenvalue weighted by atomic mass is 16.5. The highest BCUT2D eigenvalue weighted by Crippen LogP contribution is 2.48. The first kappa shape index (κ1) is 20.7. The molecule has 1 aliphatic rings. The average Bonchev–Trinajstić information content (AvgIpc) is 3.07. The number of hydrogen-bond acceptors (Lipinski definition) is 2. The van der Waals surface area contributed by atoms with Gasteiger partial charge in [-0.2, -0.15) is 0 Å². The summed E-state index contributed by atoms with van der Waals surface area (Å²) in [6.45, 7) is 2.12. The highest BCUT2D eigenvalue weighted by Gasteiger charge is 2.29. The SMILES string of the molecule is CCC1=C(CC(N)=O)c2c(OC)cccc2/C1=C\c1ccccc1Cc1ccccc1. The van der Waals surface area contributed by atoms with E-state index < -0.39 is 0 Å². The molecule has 0 saturated heterocycles. The molecule has 3 heteroatoms. The van der Waals surface area contributed by atoms with Crippen LogP contribution < -0.4 is 10.5 Å². The molecule has 0 atom stereocenters. The van der Waals surface area contributed by atoms with E-state index in [2.05, 4.69) is 67.6 Å². The van der Waals surface area contributed by atoms with Gasteiger partial charge in [-0.15, -0.1) is 0 Å². The molecule has 0 spiro atoms. The van der Waals surface area contributed by atoms with Gasteiger partial charge in [-0.1, -0.05) is 73.7 Å². The molecule has 4 rings (SSSR count). The number of rotatable bonds is 7. The number of amides is 1. The molecule has 0 bridgehead atoms. The Morgan fingerprint density at radius 3 is 2.39 bits per heavy atom. The van der Waals surface area contributed by atoms with Crippen molar-refractivity contribution in [2.45, 2.75) is 26.2 Å². The quantitative estimate of drug-likeness (QED) is 0.530. The fraction of sp³-hybridized carbons (Fsp3) is 0.179. The third-order valence-corrected chi connectivity index (χ3v) is 5.82. The Morgan fingerprint density at radius 1 is 0.935 bits per heavy atom. The number of ether oxygens (including phenoxy) is 1. The summed E-state index contributed by atoms with van der Waals surface area (Å²) < 4.78 is 5.65. The summed E-state index contributed by atoms with van der Waals surface area (Å²) >= 11 is 0. The first-order chi connectivity index (χ1) is 15.1. The predicted octanol–water partition coefficient (Wildman–Crippen LogP) is 5.88. The van der Waals surface area contributed by atoms with E-state index in [0.29, 0.717) is 0 Å². The first-order valence-corrected chi connectivity index (χ1v) is 10.6. The predicted molar refractivity (Wildman–Crippen MR) is 128 cm³/mol. The maximum Gasteiger partial charge on any atom is 0.221 e. The third-order valence-electron chi connectivity index (χ3n) is 5.82. The van der Waals surface area contributed by atoms with Crippen molar-refractivity contribution in [3.8, 4) is 5.75 Å². The molecule has 0 fully saturated rings. The van der Waals surface area contributed by atoms with Gasteiger partial charge in [0.05, 0.1) is 13.5 Å². The molecular formula is C28H27NO2. The van der Waals surface area contributed by atoms with Gasteiger partial charge in [0.15, 0.2) is 0 Å². The van der Waals surface area contributed by atoms with Crippen molar-refractivity contribution in [2.24, 2.45) is 5.73 Å². The minimum absolute atomic E-state index is 0.208. The molecular weight excluding hydrogens is 382 g/mol. The van der Waals surface area contributed by atoms with Crippen LogP contribution in [0.4, 0.5) is 0 Å². The third kappa shape index (κ3) is 4.17. The Kier molecular flexibility index (Phi) is 6.03. The summed E-state index contributed by atoms with van der Waals surface area (Å²) in [6.07, 6.45) is 4.14. The zero-order chi connectivity index (χ0) is 21.8. The lowest BCUT2D eigenvalue weighted by Gasteiger charge is -2.11. The van der Waals surface area contributed by atoms with Gasteiger partial charge in [-0.3, -0.25) is 4.79 Å². The van der Waals surface area contributed by atoms with Crippen LogP contribution in [0.25, 0.3) is 17.2 Å². The molecule has 0 heterocycles. The standard InChI is InChI=1S/C28H27NO2/c1-3-22-24(23-14-9-15-26(31-2)28(23)25(22)18-27(29)30)17-21-13-8-7-12-20(21)16-19-10-5-4-6-11-19/h4-15,17H,3,16,18H2,1-2H3,(H2,29,30)/b24-17-. The van der Waals surface area contributed by atoms with Gasteiger partial charge in [0.1, 0.15) is 5.75 Å². The molecule has 3 aromatic rings. The largest absolute Gasteiger partial charge is 0.496 e. The monoisotopic (exact) mass is 409 g/mol. The summed E-state index contributed by atoms with van der Waals surface area (Å²) in [5.74, 6) is 0.448. The maximum atomic E-state index is 11.9. The van der Waals surface area contributed by atoms with Crippen LogP contribution in [0.2, 0.25) is 0 Å². The highest BCUT2D eigenvalue weighted by molar-refractivity contribution is 6.09. The second-order valence-electron chi connectivity index (χ2n) is 7.76. The molecule has 3 nitrogen and oxygen atoms in total. The van der Waals surface area contributed by atoms with Crippen LogP contribution in [0, 0.1) is 0 Å². The van der Waals surface area contributed by atoms with E-state index in [1.165, 1.54) is 16.7 Å². The fourth-order valence-electron chi connectivity index (χ4n) is 4.46. The molecule has 0 radical (unpaired) electrons. The van der Waals surface area contributed by atoms with Gasteiger partial charge >= 0.3 is 0 Å². The van der Waals surface area contributed by atoms with Gasteiger partial charge in [0.25, 0.3) is 0 Å². The summed E-state index contributed by atoms with van der Waals surface area (Å²) in [5, 5.41) is 0. The van der Waals surface area contributed by atoms with Crippen molar-refractivity contribution in [1.82, 2.24) is 0 Å². The number of methoxy groups -OCH3 is 1. The minimum Gasteiger partial charge on any atom is -0.496 e. The Balaban J connectivity index is 1.87. The summed E-state index contributed by atoms with van der Waals surface area (Å²) in [6, 6.07) is 25.0. The van der Waals surface area contributed by atoms with E-state index in [4.69, 9.17) is 10.5 Å². The molecule has 1 aliphatic carbocycles. The molecule has 0 unspecified atom stereocenters. The number of nitrogens with two attached hydrogens (primary N) is 1. The lowest BCUT2D eigenvalue weighted by molar-refractivity contribution is -0.117. The number of fused-ring (bicyclic) bond motifs is 1. The van der Waals surface area contributed by atoms with E-state index in [0.717, 1.165) is 46.4 Å². The molecule has 156 valence electrons. The average molecular weight is 410 g/mol. The number of allylic oxidation sites excluding steroid dienone is 2. The Bertz CT molecular complexity index is 1170. The van der Waals surface area contributed by atoms with Crippen LogP contribution in [0.1, 0.15) is 47.6 Å². The smallest absolute Gasteiger partial charge is 0.221 e. The van der Waals surface area contributed by atoms with E-state index in [9.17, 15) is 4.79 Å². The Hall–Kier alpha value is -3.59. The second kappa shape index (κ2) is 9.05. The van der Waals surface area contributed by atoms with E-state index in [1.54, 1.807) is 7.11 Å². The van der Waals surface area contributed by atoms with E-state index >= 15 is 0 Å². The van der Waals surface area contributed by atoms with Crippen LogP contribution in [-0.4, -0.2) is 13.0 Å². The topological polar surface area (TPSA) is 52.3 Å². The zero-order valence-corrected chi connectivity index (χ0v) is 18.0. The van der Waals surface area contributed by atoms with Crippen molar-refractivity contribution >= 4 is 23.1 Å². The molecule has 0 aromatic heterocycles. The van der Waals surface area contributed by atoms with E-state index in [1.807, 2.05) is 18.2 Å². The molecule has 0 aliphatic heterocycles. The molecule has 2 N–H and O–H groups in total. The van der Waals surface area contributed by atoms with Crippen LogP contribution in [0.5, 0.6) is 5.75 Å². The van der Waals surface area contributed by atoms with Gasteiger partial charge < -0.3 is 10.5 Å². The zero-order valence-electron chi connectivity index (χ0n) is 18.0. The van der Waals surface area contributed by atoms with Gasteiger partial charge in [-0.05, 0) is 64.0 Å². The van der Waals surface area contributed by atoms with Crippen LogP contribution >= 0.6 is 0 Å². The number of carbonyl (C=O) groups is 1. The van der Waals surface area contributed by atoms with Gasteiger partial charge in [-0.25, -0.2) is 0 Å². The molecule has 0 saturated carbocycles. The number of primary amides is 1. The lowest BCUT2D eigenvalue weighted by atomic mass is 9.94. The van der Waals surface area contributed by atoms with Gasteiger partial charge in [0.2, 0.25) is 5.91 Å².